The maximum atomic E-state index is 13.6. The third-order valence-corrected chi connectivity index (χ3v) is 5.59. The predicted molar refractivity (Wildman–Crippen MR) is 97.5 cm³/mol. The van der Waals surface area contributed by atoms with Crippen LogP contribution in [0.1, 0.15) is 35.3 Å². The highest BCUT2D eigenvalue weighted by atomic mass is 32.1. The number of aromatic nitrogens is 1. The predicted octanol–water partition coefficient (Wildman–Crippen LogP) is 3.67. The van der Waals surface area contributed by atoms with Crippen LogP contribution in [0.2, 0.25) is 0 Å². The number of benzene rings is 1. The van der Waals surface area contributed by atoms with Crippen LogP contribution in [-0.2, 0) is 9.53 Å². The third-order valence-electron chi connectivity index (χ3n) is 4.58. The number of hydrogen-bond acceptors (Lipinski definition) is 5. The van der Waals surface area contributed by atoms with Gasteiger partial charge < -0.3 is 9.64 Å². The van der Waals surface area contributed by atoms with Gasteiger partial charge in [0.25, 0.3) is 5.91 Å². The molecule has 0 aliphatic carbocycles. The van der Waals surface area contributed by atoms with Gasteiger partial charge in [0.15, 0.2) is 0 Å². The van der Waals surface area contributed by atoms with Crippen molar-refractivity contribution in [1.29, 1.82) is 0 Å². The number of piperidine rings is 1. The number of carbonyl (C=O) groups is 2. The first-order chi connectivity index (χ1) is 12.4. The molecule has 0 radical (unpaired) electrons. The summed E-state index contributed by atoms with van der Waals surface area (Å²) in [5.41, 5.74) is 0.875. The Kier molecular flexibility index (Phi) is 5.36. The fraction of sp³-hybridized carbons (Fsp3) is 0.421. The minimum absolute atomic E-state index is 0.265. The van der Waals surface area contributed by atoms with E-state index in [-0.39, 0.29) is 23.3 Å². The van der Waals surface area contributed by atoms with Gasteiger partial charge in [-0.15, -0.1) is 11.3 Å². The number of halogens is 1. The number of esters is 1. The van der Waals surface area contributed by atoms with E-state index in [2.05, 4.69) is 4.98 Å². The maximum Gasteiger partial charge on any atom is 0.328 e. The van der Waals surface area contributed by atoms with E-state index < -0.39 is 12.0 Å². The first-order valence-electron chi connectivity index (χ1n) is 8.53. The molecule has 0 spiro atoms. The summed E-state index contributed by atoms with van der Waals surface area (Å²) in [6.45, 7) is 4.33. The summed E-state index contributed by atoms with van der Waals surface area (Å²) in [7, 11) is 1.33. The molecule has 2 atom stereocenters. The summed E-state index contributed by atoms with van der Waals surface area (Å²) in [4.78, 5) is 31.9. The van der Waals surface area contributed by atoms with Gasteiger partial charge in [-0.3, -0.25) is 4.79 Å². The minimum Gasteiger partial charge on any atom is -0.467 e. The number of methoxy groups -OCH3 is 1. The Hall–Kier alpha value is -2.28. The van der Waals surface area contributed by atoms with Gasteiger partial charge in [-0.1, -0.05) is 19.1 Å². The number of ether oxygens (including phenoxy) is 1. The topological polar surface area (TPSA) is 59.5 Å². The van der Waals surface area contributed by atoms with Crippen LogP contribution < -0.4 is 0 Å². The highest BCUT2D eigenvalue weighted by Gasteiger charge is 2.37. The van der Waals surface area contributed by atoms with E-state index in [4.69, 9.17) is 4.74 Å². The third kappa shape index (κ3) is 3.62. The number of aryl methyl sites for hydroxylation is 1. The molecule has 0 N–H and O–H groups in total. The van der Waals surface area contributed by atoms with Gasteiger partial charge in [-0.25, -0.2) is 14.2 Å². The molecule has 1 aliphatic heterocycles. The van der Waals surface area contributed by atoms with Crippen LogP contribution in [-0.4, -0.2) is 41.5 Å². The number of hydrogen-bond donors (Lipinski definition) is 0. The van der Waals surface area contributed by atoms with Gasteiger partial charge in [0.05, 0.1) is 17.0 Å². The quantitative estimate of drug-likeness (QED) is 0.767. The van der Waals surface area contributed by atoms with Gasteiger partial charge in [-0.05, 0) is 43.4 Å². The second kappa shape index (κ2) is 7.53. The number of carbonyl (C=O) groups excluding carboxylic acids is 2. The number of nitrogens with zero attached hydrogens (tertiary/aromatic N) is 2. The molecule has 1 saturated heterocycles. The number of likely N-dealkylation sites (tertiary alicyclic amines) is 1. The van der Waals surface area contributed by atoms with Crippen molar-refractivity contribution in [2.24, 2.45) is 5.92 Å². The average molecular weight is 376 g/mol. The molecule has 3 rings (SSSR count). The van der Waals surface area contributed by atoms with Gasteiger partial charge in [0.2, 0.25) is 0 Å². The molecule has 1 aromatic carbocycles. The number of thiazole rings is 1. The van der Waals surface area contributed by atoms with E-state index in [0.29, 0.717) is 28.4 Å². The standard InChI is InChI=1S/C19H21FN2O3S/c1-11-7-8-15(19(24)25-3)22(10-11)18(23)16-17(26-12(2)21-16)13-5-4-6-14(20)9-13/h4-6,9,11,15H,7-8,10H2,1-3H3. The van der Waals surface area contributed by atoms with Crippen LogP contribution in [0, 0.1) is 18.7 Å². The number of amides is 1. The fourth-order valence-electron chi connectivity index (χ4n) is 3.29. The SMILES string of the molecule is COC(=O)C1CCC(C)CN1C(=O)c1nc(C)sc1-c1cccc(F)c1. The van der Waals surface area contributed by atoms with Crippen molar-refractivity contribution in [2.45, 2.75) is 32.7 Å². The fourth-order valence-corrected chi connectivity index (χ4v) is 4.20. The Morgan fingerprint density at radius 1 is 1.35 bits per heavy atom. The van der Waals surface area contributed by atoms with Crippen molar-refractivity contribution in [3.63, 3.8) is 0 Å². The van der Waals surface area contributed by atoms with E-state index in [1.165, 1.54) is 30.6 Å². The minimum atomic E-state index is -0.605. The lowest BCUT2D eigenvalue weighted by Gasteiger charge is -2.36. The zero-order chi connectivity index (χ0) is 18.8. The van der Waals surface area contributed by atoms with Crippen LogP contribution in [0.3, 0.4) is 0 Å². The highest BCUT2D eigenvalue weighted by molar-refractivity contribution is 7.15. The Labute approximate surface area is 155 Å². The Morgan fingerprint density at radius 2 is 2.12 bits per heavy atom. The smallest absolute Gasteiger partial charge is 0.328 e. The normalized spacial score (nSPS) is 20.1. The van der Waals surface area contributed by atoms with E-state index in [0.717, 1.165) is 6.42 Å². The van der Waals surface area contributed by atoms with Crippen molar-refractivity contribution < 1.29 is 18.7 Å². The molecule has 2 heterocycles. The Morgan fingerprint density at radius 3 is 2.81 bits per heavy atom. The van der Waals surface area contributed by atoms with E-state index in [1.807, 2.05) is 6.92 Å². The van der Waals surface area contributed by atoms with Crippen molar-refractivity contribution in [3.8, 4) is 10.4 Å². The van der Waals surface area contributed by atoms with Crippen LogP contribution in [0.5, 0.6) is 0 Å². The molecule has 7 heteroatoms. The van der Waals surface area contributed by atoms with Crippen molar-refractivity contribution in [1.82, 2.24) is 9.88 Å². The van der Waals surface area contributed by atoms with Gasteiger partial charge in [-0.2, -0.15) is 0 Å². The molecule has 0 saturated carbocycles. The lowest BCUT2D eigenvalue weighted by atomic mass is 9.93. The molecule has 0 bridgehead atoms. The van der Waals surface area contributed by atoms with Gasteiger partial charge in [0.1, 0.15) is 17.6 Å². The molecule has 2 unspecified atom stereocenters. The van der Waals surface area contributed by atoms with Crippen molar-refractivity contribution >= 4 is 23.2 Å². The first-order valence-corrected chi connectivity index (χ1v) is 9.34. The van der Waals surface area contributed by atoms with Crippen LogP contribution >= 0.6 is 11.3 Å². The van der Waals surface area contributed by atoms with Crippen molar-refractivity contribution in [3.05, 3.63) is 40.8 Å². The monoisotopic (exact) mass is 376 g/mol. The largest absolute Gasteiger partial charge is 0.467 e. The molecular weight excluding hydrogens is 355 g/mol. The summed E-state index contributed by atoms with van der Waals surface area (Å²) in [5, 5.41) is 0.715. The van der Waals surface area contributed by atoms with Crippen LogP contribution in [0.4, 0.5) is 4.39 Å². The molecule has 138 valence electrons. The summed E-state index contributed by atoms with van der Waals surface area (Å²) in [5.74, 6) is -0.803. The average Bonchev–Trinajstić information content (AvgIpc) is 3.02. The lowest BCUT2D eigenvalue weighted by molar-refractivity contribution is -0.147. The number of rotatable bonds is 3. The van der Waals surface area contributed by atoms with Gasteiger partial charge in [0, 0.05) is 6.54 Å². The van der Waals surface area contributed by atoms with E-state index >= 15 is 0 Å². The highest BCUT2D eigenvalue weighted by Crippen LogP contribution is 2.33. The van der Waals surface area contributed by atoms with Crippen LogP contribution in [0.15, 0.2) is 24.3 Å². The molecule has 1 aliphatic rings. The van der Waals surface area contributed by atoms with Crippen LogP contribution in [0.25, 0.3) is 10.4 Å². The maximum absolute atomic E-state index is 13.6. The Bertz CT molecular complexity index is 836. The second-order valence-corrected chi connectivity index (χ2v) is 7.80. The molecule has 26 heavy (non-hydrogen) atoms. The lowest BCUT2D eigenvalue weighted by Crippen LogP contribution is -2.50. The van der Waals surface area contributed by atoms with E-state index in [9.17, 15) is 14.0 Å². The first kappa shape index (κ1) is 18.5. The van der Waals surface area contributed by atoms with E-state index in [1.54, 1.807) is 24.0 Å². The molecule has 5 nitrogen and oxygen atoms in total. The molecule has 1 amide bonds. The molecule has 2 aromatic rings. The molecular formula is C19H21FN2O3S. The second-order valence-electron chi connectivity index (χ2n) is 6.60. The Balaban J connectivity index is 2.00. The summed E-state index contributed by atoms with van der Waals surface area (Å²) < 4.78 is 18.5. The van der Waals surface area contributed by atoms with Crippen molar-refractivity contribution in [2.75, 3.05) is 13.7 Å². The summed E-state index contributed by atoms with van der Waals surface area (Å²) in [6.07, 6.45) is 1.42. The molecule has 1 aromatic heterocycles. The zero-order valence-electron chi connectivity index (χ0n) is 15.0. The summed E-state index contributed by atoms with van der Waals surface area (Å²) in [6, 6.07) is 5.50. The molecule has 1 fully saturated rings. The summed E-state index contributed by atoms with van der Waals surface area (Å²) >= 11 is 1.34. The van der Waals surface area contributed by atoms with Gasteiger partial charge >= 0.3 is 5.97 Å². The zero-order valence-corrected chi connectivity index (χ0v) is 15.8.